The number of carbonyl (C=O) groups is 1. The van der Waals surface area contributed by atoms with Gasteiger partial charge >= 0.3 is 0 Å². The smallest absolute Gasteiger partial charge is 0.262 e. The van der Waals surface area contributed by atoms with Crippen LogP contribution in [0.2, 0.25) is 5.02 Å². The number of hydrogen-bond acceptors (Lipinski definition) is 4. The van der Waals surface area contributed by atoms with E-state index in [9.17, 15) is 13.2 Å². The van der Waals surface area contributed by atoms with Crippen molar-refractivity contribution in [2.45, 2.75) is 25.7 Å². The number of hydrogen-bond donors (Lipinski definition) is 2. The fourth-order valence-electron chi connectivity index (χ4n) is 2.28. The predicted molar refractivity (Wildman–Crippen MR) is 99.0 cm³/mol. The van der Waals surface area contributed by atoms with Gasteiger partial charge in [0.05, 0.1) is 17.7 Å². The quantitative estimate of drug-likeness (QED) is 0.825. The van der Waals surface area contributed by atoms with Crippen LogP contribution in [0.4, 0.5) is 11.4 Å². The van der Waals surface area contributed by atoms with Gasteiger partial charge < -0.3 is 10.1 Å². The molecule has 1 amide bonds. The molecule has 25 heavy (non-hydrogen) atoms. The van der Waals surface area contributed by atoms with E-state index in [1.54, 1.807) is 38.1 Å². The van der Waals surface area contributed by atoms with Gasteiger partial charge in [0.1, 0.15) is 5.75 Å². The highest BCUT2D eigenvalue weighted by Gasteiger charge is 2.20. The summed E-state index contributed by atoms with van der Waals surface area (Å²) in [7, 11) is -2.46. The average Bonchev–Trinajstić information content (AvgIpc) is 2.51. The van der Waals surface area contributed by atoms with Gasteiger partial charge in [0.2, 0.25) is 5.91 Å². The molecule has 0 atom stereocenters. The number of carbonyl (C=O) groups excluding carboxylic acids is 1. The molecule has 0 aromatic heterocycles. The Bertz CT molecular complexity index is 926. The Hall–Kier alpha value is -2.25. The summed E-state index contributed by atoms with van der Waals surface area (Å²) in [4.78, 5) is 11.3. The number of methoxy groups -OCH3 is 1. The van der Waals surface area contributed by atoms with E-state index in [1.807, 2.05) is 0 Å². The Labute approximate surface area is 152 Å². The standard InChI is InChI=1S/C17H19ClN2O4S/c1-10-5-6-13(19-12(3)21)8-17(10)25(22,23)20-15-7-11(2)14(18)9-16(15)24-4/h5-9,20H,1-4H3,(H,19,21). The SMILES string of the molecule is COc1cc(Cl)c(C)cc1NS(=O)(=O)c1cc(NC(C)=O)ccc1C. The van der Waals surface area contributed by atoms with Gasteiger partial charge in [-0.2, -0.15) is 0 Å². The largest absolute Gasteiger partial charge is 0.495 e. The molecule has 8 heteroatoms. The van der Waals surface area contributed by atoms with Crippen molar-refractivity contribution >= 4 is 38.9 Å². The van der Waals surface area contributed by atoms with Gasteiger partial charge in [0.25, 0.3) is 10.0 Å². The van der Waals surface area contributed by atoms with Gasteiger partial charge in [-0.1, -0.05) is 17.7 Å². The lowest BCUT2D eigenvalue weighted by Crippen LogP contribution is -2.16. The van der Waals surface area contributed by atoms with Crippen molar-refractivity contribution in [2.24, 2.45) is 0 Å². The fraction of sp³-hybridized carbons (Fsp3) is 0.235. The zero-order chi connectivity index (χ0) is 18.8. The first-order chi connectivity index (χ1) is 11.6. The average molecular weight is 383 g/mol. The summed E-state index contributed by atoms with van der Waals surface area (Å²) in [5, 5.41) is 3.05. The van der Waals surface area contributed by atoms with Crippen LogP contribution >= 0.6 is 11.6 Å². The van der Waals surface area contributed by atoms with Crippen LogP contribution in [0.15, 0.2) is 35.2 Å². The summed E-state index contributed by atoms with van der Waals surface area (Å²) in [6.07, 6.45) is 0. The molecule has 6 nitrogen and oxygen atoms in total. The summed E-state index contributed by atoms with van der Waals surface area (Å²) in [5.41, 5.74) is 1.95. The normalized spacial score (nSPS) is 11.1. The van der Waals surface area contributed by atoms with Crippen LogP contribution in [-0.4, -0.2) is 21.4 Å². The molecule has 0 aliphatic rings. The van der Waals surface area contributed by atoms with Gasteiger partial charge in [0.15, 0.2) is 0 Å². The molecule has 2 aromatic rings. The van der Waals surface area contributed by atoms with E-state index in [0.717, 1.165) is 0 Å². The van der Waals surface area contributed by atoms with Gasteiger partial charge in [-0.25, -0.2) is 8.42 Å². The van der Waals surface area contributed by atoms with E-state index in [0.29, 0.717) is 27.6 Å². The zero-order valence-corrected chi connectivity index (χ0v) is 15.9. The molecule has 0 bridgehead atoms. The first-order valence-electron chi connectivity index (χ1n) is 7.39. The van der Waals surface area contributed by atoms with Gasteiger partial charge in [-0.05, 0) is 43.2 Å². The Morgan fingerprint density at radius 2 is 1.80 bits per heavy atom. The Balaban J connectivity index is 2.46. The van der Waals surface area contributed by atoms with Crippen molar-refractivity contribution in [1.29, 1.82) is 0 Å². The van der Waals surface area contributed by atoms with Crippen molar-refractivity contribution in [3.8, 4) is 5.75 Å². The van der Waals surface area contributed by atoms with E-state index < -0.39 is 10.0 Å². The van der Waals surface area contributed by atoms with Gasteiger partial charge in [0, 0.05) is 23.7 Å². The molecule has 0 saturated carbocycles. The third-order valence-electron chi connectivity index (χ3n) is 3.52. The van der Waals surface area contributed by atoms with E-state index in [-0.39, 0.29) is 16.5 Å². The number of anilines is 2. The highest BCUT2D eigenvalue weighted by atomic mass is 35.5. The first kappa shape index (κ1) is 19.1. The Morgan fingerprint density at radius 1 is 1.12 bits per heavy atom. The summed E-state index contributed by atoms with van der Waals surface area (Å²) < 4.78 is 33.3. The molecule has 0 saturated heterocycles. The Morgan fingerprint density at radius 3 is 2.40 bits per heavy atom. The van der Waals surface area contributed by atoms with Crippen LogP contribution in [-0.2, 0) is 14.8 Å². The molecular weight excluding hydrogens is 364 g/mol. The number of rotatable bonds is 5. The second kappa shape index (κ2) is 7.33. The van der Waals surface area contributed by atoms with Crippen LogP contribution < -0.4 is 14.8 Å². The topological polar surface area (TPSA) is 84.5 Å². The van der Waals surface area contributed by atoms with Gasteiger partial charge in [-0.15, -0.1) is 0 Å². The van der Waals surface area contributed by atoms with Crippen LogP contribution in [0.5, 0.6) is 5.75 Å². The predicted octanol–water partition coefficient (Wildman–Crippen LogP) is 3.72. The molecule has 0 aliphatic heterocycles. The molecule has 0 radical (unpaired) electrons. The summed E-state index contributed by atoms with van der Waals surface area (Å²) in [6.45, 7) is 4.80. The van der Waals surface area contributed by atoms with Crippen LogP contribution in [0.1, 0.15) is 18.1 Å². The highest BCUT2D eigenvalue weighted by Crippen LogP contribution is 2.33. The van der Waals surface area contributed by atoms with Crippen molar-refractivity contribution in [2.75, 3.05) is 17.1 Å². The number of sulfonamides is 1. The zero-order valence-electron chi connectivity index (χ0n) is 14.3. The molecule has 0 spiro atoms. The summed E-state index contributed by atoms with van der Waals surface area (Å²) >= 11 is 6.05. The molecule has 2 rings (SSSR count). The first-order valence-corrected chi connectivity index (χ1v) is 9.25. The second-order valence-corrected chi connectivity index (χ2v) is 7.63. The molecule has 0 unspecified atom stereocenters. The van der Waals surface area contributed by atoms with Gasteiger partial charge in [-0.3, -0.25) is 9.52 Å². The molecule has 0 fully saturated rings. The van der Waals surface area contributed by atoms with E-state index in [2.05, 4.69) is 10.0 Å². The minimum atomic E-state index is -3.89. The minimum absolute atomic E-state index is 0.0633. The third-order valence-corrected chi connectivity index (χ3v) is 5.44. The lowest BCUT2D eigenvalue weighted by Gasteiger charge is -2.15. The number of amides is 1. The lowest BCUT2D eigenvalue weighted by atomic mass is 10.2. The molecule has 134 valence electrons. The maximum atomic E-state index is 12.8. The van der Waals surface area contributed by atoms with Crippen LogP contribution in [0.3, 0.4) is 0 Å². The van der Waals surface area contributed by atoms with E-state index in [4.69, 9.17) is 16.3 Å². The minimum Gasteiger partial charge on any atom is -0.495 e. The number of aryl methyl sites for hydroxylation is 2. The van der Waals surface area contributed by atoms with Crippen molar-refractivity contribution in [1.82, 2.24) is 0 Å². The van der Waals surface area contributed by atoms with Crippen molar-refractivity contribution in [3.63, 3.8) is 0 Å². The monoisotopic (exact) mass is 382 g/mol. The maximum Gasteiger partial charge on any atom is 0.262 e. The van der Waals surface area contributed by atoms with Crippen LogP contribution in [0, 0.1) is 13.8 Å². The molecule has 2 N–H and O–H groups in total. The molecular formula is C17H19ClN2O4S. The number of ether oxygens (including phenoxy) is 1. The van der Waals surface area contributed by atoms with E-state index >= 15 is 0 Å². The van der Waals surface area contributed by atoms with E-state index in [1.165, 1.54) is 20.1 Å². The highest BCUT2D eigenvalue weighted by molar-refractivity contribution is 7.92. The molecule has 0 heterocycles. The number of nitrogens with one attached hydrogen (secondary N) is 2. The van der Waals surface area contributed by atoms with Crippen molar-refractivity contribution in [3.05, 3.63) is 46.5 Å². The third kappa shape index (κ3) is 4.43. The van der Waals surface area contributed by atoms with Crippen LogP contribution in [0.25, 0.3) is 0 Å². The summed E-state index contributed by atoms with van der Waals surface area (Å²) in [6, 6.07) is 7.84. The molecule has 0 aliphatic carbocycles. The molecule has 2 aromatic carbocycles. The fourth-order valence-corrected chi connectivity index (χ4v) is 3.77. The van der Waals surface area contributed by atoms with Crippen molar-refractivity contribution < 1.29 is 17.9 Å². The number of benzene rings is 2. The second-order valence-electron chi connectivity index (χ2n) is 5.57. The summed E-state index contributed by atoms with van der Waals surface area (Å²) in [5.74, 6) is 0.0324. The number of halogens is 1. The Kier molecular flexibility index (Phi) is 5.59. The lowest BCUT2D eigenvalue weighted by molar-refractivity contribution is -0.114. The maximum absolute atomic E-state index is 12.8.